The van der Waals surface area contributed by atoms with Gasteiger partial charge in [-0.25, -0.2) is 37.3 Å². The molecule has 0 saturated carbocycles. The molecule has 0 unspecified atom stereocenters. The first-order valence-electron chi connectivity index (χ1n) is 11.2. The largest absolute Gasteiger partial charge is 2.00 e. The summed E-state index contributed by atoms with van der Waals surface area (Å²) in [5.41, 5.74) is 1.43. The fourth-order valence-corrected chi connectivity index (χ4v) is 3.83. The van der Waals surface area contributed by atoms with Crippen molar-refractivity contribution in [2.24, 2.45) is 0 Å². The van der Waals surface area contributed by atoms with Crippen LogP contribution < -0.4 is 37.3 Å². The van der Waals surface area contributed by atoms with Crippen LogP contribution in [0.4, 0.5) is 0 Å². The van der Waals surface area contributed by atoms with Gasteiger partial charge in [0.25, 0.3) is 0 Å². The van der Waals surface area contributed by atoms with E-state index in [0.717, 1.165) is 19.6 Å². The number of benzene rings is 1. The number of thioether (sulfide) groups is 1. The quantitative estimate of drug-likeness (QED) is 0.225. The van der Waals surface area contributed by atoms with Gasteiger partial charge >= 0.3 is 16.5 Å². The van der Waals surface area contributed by atoms with Crippen molar-refractivity contribution < 1.29 is 74.2 Å². The molecule has 37 heavy (non-hydrogen) atoms. The molecule has 0 aromatic heterocycles. The maximum atomic E-state index is 8.49. The van der Waals surface area contributed by atoms with Gasteiger partial charge in [0.05, 0.1) is 0 Å². The van der Waals surface area contributed by atoms with Gasteiger partial charge in [0.2, 0.25) is 0 Å². The molecule has 1 heterocycles. The molecule has 1 aromatic rings. The van der Waals surface area contributed by atoms with Gasteiger partial charge < -0.3 is 14.7 Å². The van der Waals surface area contributed by atoms with Crippen molar-refractivity contribution in [1.82, 2.24) is 19.6 Å². The fourth-order valence-electron chi connectivity index (χ4n) is 3.42. The number of hydrogen-bond donors (Lipinski definition) is 0. The molecule has 0 spiro atoms. The van der Waals surface area contributed by atoms with Crippen molar-refractivity contribution in [3.8, 4) is 0 Å². The number of rotatable bonds is 3. The Labute approximate surface area is 238 Å². The van der Waals surface area contributed by atoms with Crippen LogP contribution in [0.15, 0.2) is 29.2 Å². The molecule has 1 aliphatic rings. The van der Waals surface area contributed by atoms with E-state index < -0.39 is 20.5 Å². The Morgan fingerprint density at radius 2 is 0.973 bits per heavy atom. The summed E-state index contributed by atoms with van der Waals surface area (Å²) < 4.78 is 67.9. The molecule has 0 bridgehead atoms. The predicted molar refractivity (Wildman–Crippen MR) is 115 cm³/mol. The summed E-state index contributed by atoms with van der Waals surface area (Å²) in [5.74, 6) is 0. The van der Waals surface area contributed by atoms with Gasteiger partial charge in [-0.3, -0.25) is 4.90 Å². The summed E-state index contributed by atoms with van der Waals surface area (Å²) in [6, 6.07) is 9.09. The molecule has 1 aromatic carbocycles. The second-order valence-electron chi connectivity index (χ2n) is 8.50. The Hall–Kier alpha value is 0.164. The molecule has 0 amide bonds. The van der Waals surface area contributed by atoms with Gasteiger partial charge in [0.15, 0.2) is 0 Å². The Balaban J connectivity index is 0. The van der Waals surface area contributed by atoms with E-state index in [2.05, 4.69) is 71.3 Å². The van der Waals surface area contributed by atoms with Crippen molar-refractivity contribution in [1.29, 1.82) is 0 Å². The average Bonchev–Trinajstić information content (AvgIpc) is 2.73. The van der Waals surface area contributed by atoms with Crippen molar-refractivity contribution in [3.05, 3.63) is 29.8 Å². The molecule has 16 heteroatoms. The summed E-state index contributed by atoms with van der Waals surface area (Å²) in [7, 11) is -3.10. The third-order valence-electron chi connectivity index (χ3n) is 5.32. The van der Waals surface area contributed by atoms with E-state index in [9.17, 15) is 0 Å². The molecular formula is C21H38Cl2N4NiO8S. The molecule has 0 N–H and O–H groups in total. The van der Waals surface area contributed by atoms with Gasteiger partial charge in [-0.1, -0.05) is 12.1 Å². The van der Waals surface area contributed by atoms with E-state index >= 15 is 0 Å². The molecule has 220 valence electrons. The van der Waals surface area contributed by atoms with Crippen LogP contribution >= 0.6 is 11.8 Å². The number of nitrogens with zero attached hydrogens (tertiary/aromatic N) is 4. The van der Waals surface area contributed by atoms with Gasteiger partial charge in [-0.2, -0.15) is 0 Å². The second kappa shape index (κ2) is 21.0. The van der Waals surface area contributed by atoms with E-state index in [1.54, 1.807) is 0 Å². The smallest absolute Gasteiger partial charge is 0.305 e. The fraction of sp³-hybridized carbons (Fsp3) is 0.714. The number of likely N-dealkylation sites (N-methyl/N-ethyl adjacent to an activating group) is 3. The summed E-state index contributed by atoms with van der Waals surface area (Å²) in [6.45, 7) is 10.5. The summed E-state index contributed by atoms with van der Waals surface area (Å²) in [6.07, 6.45) is 4.64. The first-order chi connectivity index (χ1) is 16.6. The first-order valence-corrected chi connectivity index (χ1v) is 14.9. The first kappa shape index (κ1) is 39.3. The maximum Gasteiger partial charge on any atom is 2.00 e. The van der Waals surface area contributed by atoms with Crippen molar-refractivity contribution in [2.45, 2.75) is 24.3 Å². The van der Waals surface area contributed by atoms with Crippen LogP contribution in [0.3, 0.4) is 0 Å². The Bertz CT molecular complexity index is 666. The molecule has 1 saturated heterocycles. The van der Waals surface area contributed by atoms with E-state index in [1.165, 1.54) is 62.6 Å². The third kappa shape index (κ3) is 29.0. The van der Waals surface area contributed by atoms with Gasteiger partial charge in [0, 0.05) is 37.6 Å². The standard InChI is InChI=1S/C21H38N4S.2ClHO4.Ni/c1-22-11-5-12-24(3)17-18-25(14-6-13-23(2)16-15-22)19-20-7-9-21(26-4)10-8-20;2*2-1(3,4)5;/h7-10H,5-6,11-19H2,1-4H3;2*(H,2,3,4,5);/q;;;+2/p-2. The zero-order valence-corrected chi connectivity index (χ0v) is 24.9. The zero-order chi connectivity index (χ0) is 27.8. The minimum Gasteiger partial charge on any atom is -0.305 e. The summed E-state index contributed by atoms with van der Waals surface area (Å²) in [5, 5.41) is 0. The van der Waals surface area contributed by atoms with E-state index in [-0.39, 0.29) is 16.5 Å². The van der Waals surface area contributed by atoms with E-state index in [0.29, 0.717) is 0 Å². The van der Waals surface area contributed by atoms with Crippen LogP contribution in [0, 0.1) is 20.5 Å². The zero-order valence-electron chi connectivity index (χ0n) is 21.6. The molecule has 0 aliphatic carbocycles. The van der Waals surface area contributed by atoms with Crippen LogP contribution in [0.2, 0.25) is 0 Å². The maximum absolute atomic E-state index is 8.49. The minimum absolute atomic E-state index is 0. The Morgan fingerprint density at radius 3 is 1.35 bits per heavy atom. The topological polar surface area (TPSA) is 197 Å². The second-order valence-corrected chi connectivity index (χ2v) is 10.9. The van der Waals surface area contributed by atoms with E-state index in [1.807, 2.05) is 11.8 Å². The average molecular weight is 636 g/mol. The van der Waals surface area contributed by atoms with Crippen LogP contribution in [0.5, 0.6) is 0 Å². The molecule has 12 nitrogen and oxygen atoms in total. The van der Waals surface area contributed by atoms with Crippen LogP contribution in [0.25, 0.3) is 0 Å². The van der Waals surface area contributed by atoms with Crippen LogP contribution in [0.1, 0.15) is 18.4 Å². The van der Waals surface area contributed by atoms with Gasteiger partial charge in [-0.15, -0.1) is 32.2 Å². The van der Waals surface area contributed by atoms with Gasteiger partial charge in [-0.05, 0) is 84.1 Å². The van der Waals surface area contributed by atoms with Gasteiger partial charge in [0.1, 0.15) is 0 Å². The molecule has 0 radical (unpaired) electrons. The van der Waals surface area contributed by atoms with Crippen molar-refractivity contribution in [2.75, 3.05) is 79.8 Å². The number of halogens is 2. The summed E-state index contributed by atoms with van der Waals surface area (Å²) >= 11 is 1.81. The van der Waals surface area contributed by atoms with E-state index in [4.69, 9.17) is 37.3 Å². The Morgan fingerprint density at radius 1 is 0.622 bits per heavy atom. The predicted octanol–water partition coefficient (Wildman–Crippen LogP) is -6.71. The SMILES string of the molecule is CSc1ccc(CN2CCCN(C)CCN(C)CCCN(C)CC2)cc1.[Ni+2].[O-][Cl+3]([O-])([O-])[O-].[O-][Cl+3]([O-])([O-])[O-]. The van der Waals surface area contributed by atoms with Crippen molar-refractivity contribution >= 4 is 11.8 Å². The molecule has 1 fully saturated rings. The van der Waals surface area contributed by atoms with Crippen molar-refractivity contribution in [3.63, 3.8) is 0 Å². The number of hydrogen-bond acceptors (Lipinski definition) is 13. The Kier molecular flexibility index (Phi) is 22.3. The van der Waals surface area contributed by atoms with Crippen LogP contribution in [-0.2, 0) is 23.0 Å². The molecule has 2 rings (SSSR count). The summed E-state index contributed by atoms with van der Waals surface area (Å²) in [4.78, 5) is 11.4. The normalized spacial score (nSPS) is 18.4. The molecular weight excluding hydrogens is 598 g/mol. The molecule has 0 atom stereocenters. The van der Waals surface area contributed by atoms with Crippen LogP contribution in [-0.4, -0.2) is 99.4 Å². The molecule has 1 aliphatic heterocycles. The third-order valence-corrected chi connectivity index (χ3v) is 6.06. The minimum atomic E-state index is -4.94. The monoisotopic (exact) mass is 634 g/mol.